The Labute approximate surface area is 73.8 Å². The SMILES string of the molecule is C=Cc1ccc(CPCl)cc1. The molecule has 1 rings (SSSR count). The Kier molecular flexibility index (Phi) is 3.62. The highest BCUT2D eigenvalue weighted by molar-refractivity contribution is 7.67. The van der Waals surface area contributed by atoms with Crippen molar-refractivity contribution in [3.8, 4) is 0 Å². The van der Waals surface area contributed by atoms with E-state index in [0.29, 0.717) is 7.93 Å². The molecule has 0 bridgehead atoms. The van der Waals surface area contributed by atoms with Crippen molar-refractivity contribution in [3.05, 3.63) is 42.0 Å². The van der Waals surface area contributed by atoms with Crippen molar-refractivity contribution in [2.75, 3.05) is 0 Å². The first-order chi connectivity index (χ1) is 5.36. The molecular weight excluding hydrogens is 175 g/mol. The van der Waals surface area contributed by atoms with Gasteiger partial charge in [-0.1, -0.05) is 48.2 Å². The van der Waals surface area contributed by atoms with Crippen LogP contribution in [0.5, 0.6) is 0 Å². The molecule has 0 N–H and O–H groups in total. The van der Waals surface area contributed by atoms with Crippen LogP contribution in [0.15, 0.2) is 30.8 Å². The van der Waals surface area contributed by atoms with E-state index in [1.807, 2.05) is 6.08 Å². The van der Waals surface area contributed by atoms with Crippen LogP contribution in [-0.2, 0) is 6.16 Å². The Morgan fingerprint density at radius 1 is 1.36 bits per heavy atom. The maximum Gasteiger partial charge on any atom is 0.00384 e. The largest absolute Gasteiger partial charge is 0.0997 e. The lowest BCUT2D eigenvalue weighted by Crippen LogP contribution is -1.76. The predicted octanol–water partition coefficient (Wildman–Crippen LogP) is 3.66. The van der Waals surface area contributed by atoms with Crippen LogP contribution in [0.4, 0.5) is 0 Å². The third kappa shape index (κ3) is 2.65. The van der Waals surface area contributed by atoms with Gasteiger partial charge in [-0.25, -0.2) is 0 Å². The maximum atomic E-state index is 5.62. The van der Waals surface area contributed by atoms with Crippen LogP contribution < -0.4 is 0 Å². The topological polar surface area (TPSA) is 0 Å². The Hall–Kier alpha value is -0.320. The monoisotopic (exact) mass is 184 g/mol. The van der Waals surface area contributed by atoms with Gasteiger partial charge >= 0.3 is 0 Å². The molecule has 0 saturated heterocycles. The first kappa shape index (κ1) is 8.77. The molecule has 1 aromatic carbocycles. The summed E-state index contributed by atoms with van der Waals surface area (Å²) in [5, 5.41) is 0. The summed E-state index contributed by atoms with van der Waals surface area (Å²) in [6, 6.07) is 8.29. The number of halogens is 1. The second-order valence-electron chi connectivity index (χ2n) is 2.26. The minimum absolute atomic E-state index is 0.479. The van der Waals surface area contributed by atoms with Crippen LogP contribution >= 0.6 is 19.2 Å². The zero-order chi connectivity index (χ0) is 8.10. The average molecular weight is 185 g/mol. The average Bonchev–Trinajstić information content (AvgIpc) is 2.07. The predicted molar refractivity (Wildman–Crippen MR) is 54.4 cm³/mol. The van der Waals surface area contributed by atoms with Gasteiger partial charge < -0.3 is 0 Å². The van der Waals surface area contributed by atoms with E-state index >= 15 is 0 Å². The molecule has 11 heavy (non-hydrogen) atoms. The molecule has 58 valence electrons. The molecule has 0 aromatic heterocycles. The van der Waals surface area contributed by atoms with Crippen molar-refractivity contribution in [2.45, 2.75) is 6.16 Å². The molecule has 0 radical (unpaired) electrons. The third-order valence-corrected chi connectivity index (χ3v) is 2.43. The Bertz CT molecular complexity index is 228. The first-order valence-electron chi connectivity index (χ1n) is 3.41. The molecule has 0 saturated carbocycles. The summed E-state index contributed by atoms with van der Waals surface area (Å²) in [6.45, 7) is 3.68. The van der Waals surface area contributed by atoms with Gasteiger partial charge in [-0.2, -0.15) is 0 Å². The van der Waals surface area contributed by atoms with E-state index in [9.17, 15) is 0 Å². The van der Waals surface area contributed by atoms with Crippen molar-refractivity contribution in [1.29, 1.82) is 0 Å². The quantitative estimate of drug-likeness (QED) is 0.629. The highest BCUT2D eigenvalue weighted by Gasteiger charge is 1.89. The molecule has 0 fully saturated rings. The van der Waals surface area contributed by atoms with Gasteiger partial charge in [0, 0.05) is 6.16 Å². The van der Waals surface area contributed by atoms with Crippen LogP contribution in [-0.4, -0.2) is 0 Å². The highest BCUT2D eigenvalue weighted by Crippen LogP contribution is 2.22. The summed E-state index contributed by atoms with van der Waals surface area (Å²) in [6.07, 6.45) is 2.81. The van der Waals surface area contributed by atoms with E-state index in [0.717, 1.165) is 11.7 Å². The lowest BCUT2D eigenvalue weighted by molar-refractivity contribution is 1.41. The maximum absolute atomic E-state index is 5.62. The number of rotatable bonds is 3. The molecule has 0 heterocycles. The van der Waals surface area contributed by atoms with Crippen LogP contribution in [0.25, 0.3) is 6.08 Å². The number of hydrogen-bond donors (Lipinski definition) is 0. The van der Waals surface area contributed by atoms with Crippen LogP contribution in [0.2, 0.25) is 0 Å². The fraction of sp³-hybridized carbons (Fsp3) is 0.111. The molecule has 0 aliphatic carbocycles. The van der Waals surface area contributed by atoms with Gasteiger partial charge in [-0.15, -0.1) is 0 Å². The summed E-state index contributed by atoms with van der Waals surface area (Å²) in [7, 11) is 0.479. The molecular formula is C9H10ClP. The molecule has 0 amide bonds. The van der Waals surface area contributed by atoms with Crippen molar-refractivity contribution in [2.24, 2.45) is 0 Å². The van der Waals surface area contributed by atoms with E-state index < -0.39 is 0 Å². The summed E-state index contributed by atoms with van der Waals surface area (Å²) < 4.78 is 0. The van der Waals surface area contributed by atoms with Gasteiger partial charge in [0.15, 0.2) is 0 Å². The van der Waals surface area contributed by atoms with Crippen molar-refractivity contribution < 1.29 is 0 Å². The van der Waals surface area contributed by atoms with Gasteiger partial charge in [0.05, 0.1) is 0 Å². The lowest BCUT2D eigenvalue weighted by Gasteiger charge is -1.97. The van der Waals surface area contributed by atoms with E-state index in [4.69, 9.17) is 11.2 Å². The van der Waals surface area contributed by atoms with E-state index in [1.54, 1.807) is 0 Å². The fourth-order valence-electron chi connectivity index (χ4n) is 0.849. The standard InChI is InChI=1S/C9H10ClP/c1-2-8-3-5-9(6-4-8)7-11-10/h2-6,11H,1,7H2. The smallest absolute Gasteiger partial charge is 0.00384 e. The van der Waals surface area contributed by atoms with Crippen molar-refractivity contribution >= 4 is 25.3 Å². The van der Waals surface area contributed by atoms with Crippen LogP contribution in [0, 0.1) is 0 Å². The van der Waals surface area contributed by atoms with Crippen LogP contribution in [0.1, 0.15) is 11.1 Å². The van der Waals surface area contributed by atoms with Gasteiger partial charge in [-0.05, 0) is 19.1 Å². The molecule has 2 heteroatoms. The Morgan fingerprint density at radius 2 is 2.00 bits per heavy atom. The minimum Gasteiger partial charge on any atom is -0.0997 e. The van der Waals surface area contributed by atoms with E-state index in [1.165, 1.54) is 5.56 Å². The number of benzene rings is 1. The molecule has 0 spiro atoms. The molecule has 1 atom stereocenters. The zero-order valence-electron chi connectivity index (χ0n) is 6.18. The van der Waals surface area contributed by atoms with Crippen molar-refractivity contribution in [3.63, 3.8) is 0 Å². The third-order valence-electron chi connectivity index (χ3n) is 1.49. The van der Waals surface area contributed by atoms with Gasteiger partial charge in [0.25, 0.3) is 0 Å². The van der Waals surface area contributed by atoms with Gasteiger partial charge in [0.1, 0.15) is 0 Å². The molecule has 1 aromatic rings. The minimum atomic E-state index is 0.479. The Balaban J connectivity index is 2.74. The second kappa shape index (κ2) is 4.54. The summed E-state index contributed by atoms with van der Waals surface area (Å²) in [4.78, 5) is 0. The molecule has 1 unspecified atom stereocenters. The first-order valence-corrected chi connectivity index (χ1v) is 5.63. The zero-order valence-corrected chi connectivity index (χ0v) is 7.93. The van der Waals surface area contributed by atoms with Crippen LogP contribution in [0.3, 0.4) is 0 Å². The summed E-state index contributed by atoms with van der Waals surface area (Å²) in [5.74, 6) is 0. The van der Waals surface area contributed by atoms with Crippen molar-refractivity contribution in [1.82, 2.24) is 0 Å². The summed E-state index contributed by atoms with van der Waals surface area (Å²) in [5.41, 5.74) is 2.45. The van der Waals surface area contributed by atoms with Gasteiger partial charge in [0.2, 0.25) is 0 Å². The second-order valence-corrected chi connectivity index (χ2v) is 3.68. The number of hydrogen-bond acceptors (Lipinski definition) is 0. The normalized spacial score (nSPS) is 10.6. The lowest BCUT2D eigenvalue weighted by atomic mass is 10.1. The fourth-order valence-corrected chi connectivity index (χ4v) is 1.70. The molecule has 0 aliphatic heterocycles. The van der Waals surface area contributed by atoms with E-state index in [2.05, 4.69) is 30.8 Å². The molecule has 0 aliphatic rings. The van der Waals surface area contributed by atoms with Gasteiger partial charge in [-0.3, -0.25) is 0 Å². The van der Waals surface area contributed by atoms with E-state index in [-0.39, 0.29) is 0 Å². The highest BCUT2D eigenvalue weighted by atomic mass is 35.7. The molecule has 0 nitrogen and oxygen atoms in total. The Morgan fingerprint density at radius 3 is 2.45 bits per heavy atom. The summed E-state index contributed by atoms with van der Waals surface area (Å²) >= 11 is 5.62.